The number of carbonyl (C=O) groups excluding carboxylic acids is 3. The summed E-state index contributed by atoms with van der Waals surface area (Å²) < 4.78 is 4.97. The lowest BCUT2D eigenvalue weighted by Crippen LogP contribution is -2.12. The zero-order chi connectivity index (χ0) is 11.0. The second-order valence-corrected chi connectivity index (χ2v) is 3.35. The van der Waals surface area contributed by atoms with Crippen LogP contribution < -0.4 is 0 Å². The number of ketones is 3. The molecule has 0 unspecified atom stereocenters. The second-order valence-electron chi connectivity index (χ2n) is 3.35. The molecule has 0 amide bonds. The molecule has 1 aliphatic carbocycles. The number of hydrogen-bond acceptors (Lipinski definition) is 4. The molecule has 0 saturated heterocycles. The molecule has 4 nitrogen and oxygen atoms in total. The van der Waals surface area contributed by atoms with E-state index in [0.717, 1.165) is 0 Å². The van der Waals surface area contributed by atoms with Gasteiger partial charge in [0.05, 0.1) is 17.8 Å². The van der Waals surface area contributed by atoms with Crippen LogP contribution in [0.2, 0.25) is 0 Å². The van der Waals surface area contributed by atoms with E-state index in [4.69, 9.17) is 4.42 Å². The summed E-state index contributed by atoms with van der Waals surface area (Å²) in [6, 6.07) is 3.25. The zero-order valence-electron chi connectivity index (χ0n) is 8.02. The number of allylic oxidation sites excluding steroid dienone is 1. The highest BCUT2D eigenvalue weighted by atomic mass is 16.3. The Labute approximate surface area is 85.6 Å². The minimum absolute atomic E-state index is 0.0811. The molecule has 1 aromatic heterocycles. The SMILES string of the molecule is C[C@H]1C(=O)C(=O)/C(=C/c2ccco2)C1=O. The molecule has 2 rings (SSSR count). The highest BCUT2D eigenvalue weighted by Gasteiger charge is 2.41. The van der Waals surface area contributed by atoms with Gasteiger partial charge in [0, 0.05) is 0 Å². The molecule has 1 atom stereocenters. The van der Waals surface area contributed by atoms with Crippen LogP contribution in [0, 0.1) is 5.92 Å². The summed E-state index contributed by atoms with van der Waals surface area (Å²) in [5, 5.41) is 0. The van der Waals surface area contributed by atoms with Crippen molar-refractivity contribution in [3.63, 3.8) is 0 Å². The van der Waals surface area contributed by atoms with Gasteiger partial charge in [-0.1, -0.05) is 0 Å². The Hall–Kier alpha value is -1.97. The highest BCUT2D eigenvalue weighted by Crippen LogP contribution is 2.22. The molecule has 1 fully saturated rings. The Bertz CT molecular complexity index is 465. The maximum Gasteiger partial charge on any atom is 0.233 e. The van der Waals surface area contributed by atoms with E-state index in [0.29, 0.717) is 5.76 Å². The largest absolute Gasteiger partial charge is 0.465 e. The molecule has 0 aromatic carbocycles. The van der Waals surface area contributed by atoms with E-state index >= 15 is 0 Å². The first kappa shape index (κ1) is 9.58. The molecule has 0 aliphatic heterocycles. The van der Waals surface area contributed by atoms with Crippen LogP contribution in [0.4, 0.5) is 0 Å². The number of carbonyl (C=O) groups is 3. The Morgan fingerprint density at radius 2 is 2.00 bits per heavy atom. The van der Waals surface area contributed by atoms with Crippen molar-refractivity contribution in [1.82, 2.24) is 0 Å². The van der Waals surface area contributed by atoms with E-state index in [-0.39, 0.29) is 5.57 Å². The highest BCUT2D eigenvalue weighted by molar-refractivity contribution is 6.60. The molecule has 1 aliphatic rings. The van der Waals surface area contributed by atoms with Crippen LogP contribution in [0.25, 0.3) is 6.08 Å². The van der Waals surface area contributed by atoms with Gasteiger partial charge in [0.2, 0.25) is 11.6 Å². The van der Waals surface area contributed by atoms with Crippen molar-refractivity contribution in [2.75, 3.05) is 0 Å². The first-order valence-electron chi connectivity index (χ1n) is 4.49. The topological polar surface area (TPSA) is 64.3 Å². The van der Waals surface area contributed by atoms with Crippen molar-refractivity contribution in [3.8, 4) is 0 Å². The second kappa shape index (κ2) is 3.31. The quantitative estimate of drug-likeness (QED) is 0.296. The predicted octanol–water partition coefficient (Wildman–Crippen LogP) is 1.02. The number of Topliss-reactive ketones (excluding diaryl/α,β-unsaturated/α-hetero) is 3. The molecule has 4 heteroatoms. The van der Waals surface area contributed by atoms with Gasteiger partial charge in [-0.2, -0.15) is 0 Å². The summed E-state index contributed by atoms with van der Waals surface area (Å²) >= 11 is 0. The predicted molar refractivity (Wildman–Crippen MR) is 50.9 cm³/mol. The van der Waals surface area contributed by atoms with Crippen LogP contribution in [0.1, 0.15) is 12.7 Å². The van der Waals surface area contributed by atoms with Crippen LogP contribution in [0.3, 0.4) is 0 Å². The van der Waals surface area contributed by atoms with Crippen molar-refractivity contribution < 1.29 is 18.8 Å². The Balaban J connectivity index is 2.43. The van der Waals surface area contributed by atoms with Crippen molar-refractivity contribution in [3.05, 3.63) is 29.7 Å². The van der Waals surface area contributed by atoms with E-state index in [1.54, 1.807) is 12.1 Å². The molecule has 0 bridgehead atoms. The Morgan fingerprint density at radius 3 is 2.47 bits per heavy atom. The lowest BCUT2D eigenvalue weighted by molar-refractivity contribution is -0.135. The standard InChI is InChI=1S/C11H8O4/c1-6-9(12)8(11(14)10(6)13)5-7-3-2-4-15-7/h2-6H,1H3/b8-5+/t6-/m1/s1. The number of rotatable bonds is 1. The van der Waals surface area contributed by atoms with E-state index in [9.17, 15) is 14.4 Å². The minimum atomic E-state index is -0.848. The van der Waals surface area contributed by atoms with Gasteiger partial charge in [0.15, 0.2) is 5.78 Å². The van der Waals surface area contributed by atoms with E-state index in [1.807, 2.05) is 0 Å². The monoisotopic (exact) mass is 204 g/mol. The molecule has 0 spiro atoms. The van der Waals surface area contributed by atoms with Crippen LogP contribution in [-0.2, 0) is 14.4 Å². The molecule has 0 radical (unpaired) electrons. The first-order chi connectivity index (χ1) is 7.11. The van der Waals surface area contributed by atoms with Crippen LogP contribution in [-0.4, -0.2) is 17.3 Å². The molecular formula is C11H8O4. The molecule has 1 heterocycles. The van der Waals surface area contributed by atoms with Crippen molar-refractivity contribution in [1.29, 1.82) is 0 Å². The van der Waals surface area contributed by atoms with Crippen LogP contribution >= 0.6 is 0 Å². The summed E-state index contributed by atoms with van der Waals surface area (Å²) in [4.78, 5) is 34.1. The fourth-order valence-electron chi connectivity index (χ4n) is 1.45. The van der Waals surface area contributed by atoms with Gasteiger partial charge in [-0.25, -0.2) is 0 Å². The van der Waals surface area contributed by atoms with Gasteiger partial charge in [-0.3, -0.25) is 14.4 Å². The molecule has 1 aromatic rings. The molecule has 0 N–H and O–H groups in total. The molecular weight excluding hydrogens is 196 g/mol. The normalized spacial score (nSPS) is 24.2. The summed E-state index contributed by atoms with van der Waals surface area (Å²) in [5.74, 6) is -2.24. The van der Waals surface area contributed by atoms with Gasteiger partial charge in [0.1, 0.15) is 5.76 Å². The van der Waals surface area contributed by atoms with Crippen molar-refractivity contribution >= 4 is 23.4 Å². The van der Waals surface area contributed by atoms with Gasteiger partial charge in [-0.15, -0.1) is 0 Å². The fraction of sp³-hybridized carbons (Fsp3) is 0.182. The fourth-order valence-corrected chi connectivity index (χ4v) is 1.45. The van der Waals surface area contributed by atoms with Crippen LogP contribution in [0.15, 0.2) is 28.4 Å². The third-order valence-corrected chi connectivity index (χ3v) is 2.35. The smallest absolute Gasteiger partial charge is 0.233 e. The third kappa shape index (κ3) is 1.44. The van der Waals surface area contributed by atoms with Gasteiger partial charge in [-0.05, 0) is 25.1 Å². The lowest BCUT2D eigenvalue weighted by atomic mass is 10.1. The van der Waals surface area contributed by atoms with E-state index in [1.165, 1.54) is 19.3 Å². The first-order valence-corrected chi connectivity index (χ1v) is 4.49. The Kier molecular flexibility index (Phi) is 2.11. The van der Waals surface area contributed by atoms with E-state index < -0.39 is 23.3 Å². The van der Waals surface area contributed by atoms with Crippen molar-refractivity contribution in [2.45, 2.75) is 6.92 Å². The molecule has 76 valence electrons. The summed E-state index contributed by atoms with van der Waals surface area (Å²) in [6.45, 7) is 1.44. The van der Waals surface area contributed by atoms with Crippen LogP contribution in [0.5, 0.6) is 0 Å². The summed E-state index contributed by atoms with van der Waals surface area (Å²) in [5.41, 5.74) is -0.0811. The summed E-state index contributed by atoms with van der Waals surface area (Å²) in [7, 11) is 0. The Morgan fingerprint density at radius 1 is 1.27 bits per heavy atom. The average molecular weight is 204 g/mol. The zero-order valence-corrected chi connectivity index (χ0v) is 8.02. The van der Waals surface area contributed by atoms with Gasteiger partial charge < -0.3 is 4.42 Å². The number of hydrogen-bond donors (Lipinski definition) is 0. The maximum atomic E-state index is 11.5. The maximum absolute atomic E-state index is 11.5. The van der Waals surface area contributed by atoms with Gasteiger partial charge in [0.25, 0.3) is 0 Å². The third-order valence-electron chi connectivity index (χ3n) is 2.35. The number of furan rings is 1. The van der Waals surface area contributed by atoms with Gasteiger partial charge >= 0.3 is 0 Å². The van der Waals surface area contributed by atoms with E-state index in [2.05, 4.69) is 0 Å². The molecule has 15 heavy (non-hydrogen) atoms. The lowest BCUT2D eigenvalue weighted by Gasteiger charge is -1.91. The summed E-state index contributed by atoms with van der Waals surface area (Å²) in [6.07, 6.45) is 2.74. The minimum Gasteiger partial charge on any atom is -0.465 e. The van der Waals surface area contributed by atoms with Crippen molar-refractivity contribution in [2.24, 2.45) is 5.92 Å². The average Bonchev–Trinajstić information content (AvgIpc) is 2.79. The molecule has 1 saturated carbocycles.